The molecule has 0 bridgehead atoms. The molecule has 3 rings (SSSR count). The number of nitrogens with zero attached hydrogens (tertiary/aromatic N) is 2. The summed E-state index contributed by atoms with van der Waals surface area (Å²) in [5.74, 6) is -0.222. The molecule has 0 unspecified atom stereocenters. The Morgan fingerprint density at radius 2 is 2.04 bits per heavy atom. The van der Waals surface area contributed by atoms with E-state index in [9.17, 15) is 14.0 Å². The van der Waals surface area contributed by atoms with Gasteiger partial charge in [-0.15, -0.1) is 11.3 Å². The number of benzene rings is 1. The van der Waals surface area contributed by atoms with Gasteiger partial charge in [-0.05, 0) is 36.1 Å². The Kier molecular flexibility index (Phi) is 5.75. The highest BCUT2D eigenvalue weighted by Gasteiger charge is 2.15. The summed E-state index contributed by atoms with van der Waals surface area (Å²) in [6.45, 7) is 2.73. The van der Waals surface area contributed by atoms with Gasteiger partial charge in [0.15, 0.2) is 0 Å². The molecular formula is C18H18FN3O3S. The molecule has 0 amide bonds. The highest BCUT2D eigenvalue weighted by molar-refractivity contribution is 7.17. The first-order valence-corrected chi connectivity index (χ1v) is 9.02. The second-order valence-corrected chi connectivity index (χ2v) is 6.64. The molecule has 1 aromatic carbocycles. The standard InChI is InChI=1S/C18H18FN3O3S/c1-2-25-16(23)11-22(9-12-3-5-13(19)6-4-12)10-15-20-14-7-8-26-17(14)18(24)21-15/h3-8H,2,9-11H2,1H3,(H,20,21,24). The molecule has 136 valence electrons. The minimum atomic E-state index is -0.367. The van der Waals surface area contributed by atoms with Crippen molar-refractivity contribution in [2.24, 2.45) is 0 Å². The number of aromatic amines is 1. The quantitative estimate of drug-likeness (QED) is 0.643. The fourth-order valence-corrected chi connectivity index (χ4v) is 3.34. The summed E-state index contributed by atoms with van der Waals surface area (Å²) >= 11 is 1.33. The number of hydrogen-bond donors (Lipinski definition) is 1. The first-order chi connectivity index (χ1) is 12.5. The number of rotatable bonds is 7. The van der Waals surface area contributed by atoms with Crippen molar-refractivity contribution < 1.29 is 13.9 Å². The summed E-state index contributed by atoms with van der Waals surface area (Å²) in [5, 5.41) is 1.81. The summed E-state index contributed by atoms with van der Waals surface area (Å²) in [6, 6.07) is 7.84. The lowest BCUT2D eigenvalue weighted by Crippen LogP contribution is -2.31. The van der Waals surface area contributed by atoms with Crippen LogP contribution in [0.5, 0.6) is 0 Å². The number of ether oxygens (including phenoxy) is 1. The third kappa shape index (κ3) is 4.53. The van der Waals surface area contributed by atoms with Crippen LogP contribution in [0.2, 0.25) is 0 Å². The molecule has 0 aliphatic carbocycles. The maximum Gasteiger partial charge on any atom is 0.320 e. The van der Waals surface area contributed by atoms with Gasteiger partial charge in [-0.25, -0.2) is 9.37 Å². The Bertz CT molecular complexity index is 952. The topological polar surface area (TPSA) is 75.3 Å². The van der Waals surface area contributed by atoms with E-state index in [1.54, 1.807) is 30.0 Å². The van der Waals surface area contributed by atoms with Crippen LogP contribution in [0.3, 0.4) is 0 Å². The van der Waals surface area contributed by atoms with Gasteiger partial charge in [-0.2, -0.15) is 0 Å². The summed E-state index contributed by atoms with van der Waals surface area (Å²) in [4.78, 5) is 33.0. The highest BCUT2D eigenvalue weighted by Crippen LogP contribution is 2.15. The second kappa shape index (κ2) is 8.20. The second-order valence-electron chi connectivity index (χ2n) is 5.72. The van der Waals surface area contributed by atoms with Gasteiger partial charge in [0.05, 0.1) is 25.2 Å². The molecule has 2 heterocycles. The van der Waals surface area contributed by atoms with Crippen molar-refractivity contribution in [2.75, 3.05) is 13.2 Å². The van der Waals surface area contributed by atoms with Gasteiger partial charge in [-0.3, -0.25) is 14.5 Å². The van der Waals surface area contributed by atoms with Crippen molar-refractivity contribution in [3.05, 3.63) is 63.3 Å². The third-order valence-electron chi connectivity index (χ3n) is 3.71. The average molecular weight is 375 g/mol. The first-order valence-electron chi connectivity index (χ1n) is 8.14. The number of H-pyrrole nitrogens is 1. The van der Waals surface area contributed by atoms with Crippen molar-refractivity contribution in [3.63, 3.8) is 0 Å². The van der Waals surface area contributed by atoms with E-state index in [4.69, 9.17) is 4.74 Å². The van der Waals surface area contributed by atoms with E-state index in [-0.39, 0.29) is 30.4 Å². The largest absolute Gasteiger partial charge is 0.465 e. The molecule has 0 spiro atoms. The summed E-state index contributed by atoms with van der Waals surface area (Å²) in [6.07, 6.45) is 0. The van der Waals surface area contributed by atoms with Crippen LogP contribution < -0.4 is 5.56 Å². The van der Waals surface area contributed by atoms with Crippen LogP contribution in [-0.2, 0) is 22.6 Å². The molecule has 8 heteroatoms. The minimum absolute atomic E-state index is 0.0383. The molecule has 1 N–H and O–H groups in total. The lowest BCUT2D eigenvalue weighted by Gasteiger charge is -2.21. The normalized spacial score (nSPS) is 11.2. The average Bonchev–Trinajstić information content (AvgIpc) is 3.06. The molecule has 6 nitrogen and oxygen atoms in total. The maximum atomic E-state index is 13.1. The third-order valence-corrected chi connectivity index (χ3v) is 4.62. The van der Waals surface area contributed by atoms with Crippen molar-refractivity contribution >= 4 is 27.5 Å². The number of fused-ring (bicyclic) bond motifs is 1. The van der Waals surface area contributed by atoms with Gasteiger partial charge < -0.3 is 9.72 Å². The van der Waals surface area contributed by atoms with E-state index < -0.39 is 0 Å². The molecule has 0 atom stereocenters. The molecule has 0 fully saturated rings. The van der Waals surface area contributed by atoms with Crippen molar-refractivity contribution in [3.8, 4) is 0 Å². The molecular weight excluding hydrogens is 357 g/mol. The fourth-order valence-electron chi connectivity index (χ4n) is 2.61. The van der Waals surface area contributed by atoms with Crippen molar-refractivity contribution in [1.29, 1.82) is 0 Å². The van der Waals surface area contributed by atoms with Crippen LogP contribution in [0.1, 0.15) is 18.3 Å². The first kappa shape index (κ1) is 18.2. The van der Waals surface area contributed by atoms with E-state index >= 15 is 0 Å². The number of esters is 1. The Morgan fingerprint density at radius 3 is 2.77 bits per heavy atom. The van der Waals surface area contributed by atoms with Crippen LogP contribution in [0.4, 0.5) is 4.39 Å². The number of carbonyl (C=O) groups is 1. The molecule has 0 aliphatic rings. The number of aromatic nitrogens is 2. The molecule has 0 radical (unpaired) electrons. The van der Waals surface area contributed by atoms with Gasteiger partial charge in [0.2, 0.25) is 0 Å². The Labute approximate surface area is 153 Å². The molecule has 0 saturated heterocycles. The summed E-state index contributed by atoms with van der Waals surface area (Å²) in [5.41, 5.74) is 1.28. The molecule has 0 saturated carbocycles. The van der Waals surface area contributed by atoms with E-state index in [1.165, 1.54) is 23.5 Å². The van der Waals surface area contributed by atoms with Crippen molar-refractivity contribution in [1.82, 2.24) is 14.9 Å². The number of carbonyl (C=O) groups excluding carboxylic acids is 1. The van der Waals surface area contributed by atoms with Gasteiger partial charge in [0.1, 0.15) is 16.3 Å². The zero-order valence-electron chi connectivity index (χ0n) is 14.2. The van der Waals surface area contributed by atoms with Crippen LogP contribution in [0.15, 0.2) is 40.5 Å². The highest BCUT2D eigenvalue weighted by atomic mass is 32.1. The van der Waals surface area contributed by atoms with Crippen LogP contribution in [0, 0.1) is 5.82 Å². The van der Waals surface area contributed by atoms with Crippen LogP contribution >= 0.6 is 11.3 Å². The predicted octanol–water partition coefficient (Wildman–Crippen LogP) is 2.69. The number of hydrogen-bond acceptors (Lipinski definition) is 6. The van der Waals surface area contributed by atoms with Crippen molar-refractivity contribution in [2.45, 2.75) is 20.0 Å². The smallest absolute Gasteiger partial charge is 0.320 e. The van der Waals surface area contributed by atoms with E-state index in [0.29, 0.717) is 29.2 Å². The van der Waals surface area contributed by atoms with Crippen LogP contribution in [0.25, 0.3) is 10.2 Å². The SMILES string of the molecule is CCOC(=O)CN(Cc1ccc(F)cc1)Cc1nc2ccsc2c(=O)[nH]1. The molecule has 26 heavy (non-hydrogen) atoms. The number of thiophene rings is 1. The van der Waals surface area contributed by atoms with Crippen LogP contribution in [-0.4, -0.2) is 34.0 Å². The van der Waals surface area contributed by atoms with Gasteiger partial charge in [0.25, 0.3) is 5.56 Å². The van der Waals surface area contributed by atoms with Gasteiger partial charge in [-0.1, -0.05) is 12.1 Å². The minimum Gasteiger partial charge on any atom is -0.465 e. The molecule has 3 aromatic rings. The lowest BCUT2D eigenvalue weighted by molar-refractivity contribution is -0.144. The summed E-state index contributed by atoms with van der Waals surface area (Å²) < 4.78 is 18.7. The monoisotopic (exact) mass is 375 g/mol. The van der Waals surface area contributed by atoms with E-state index in [1.807, 2.05) is 5.38 Å². The van der Waals surface area contributed by atoms with E-state index in [2.05, 4.69) is 9.97 Å². The predicted molar refractivity (Wildman–Crippen MR) is 97.4 cm³/mol. The zero-order valence-corrected chi connectivity index (χ0v) is 15.0. The fraction of sp³-hybridized carbons (Fsp3) is 0.278. The molecule has 2 aromatic heterocycles. The van der Waals surface area contributed by atoms with Gasteiger partial charge in [0, 0.05) is 6.54 Å². The summed E-state index contributed by atoms with van der Waals surface area (Å²) in [7, 11) is 0. The molecule has 0 aliphatic heterocycles. The Balaban J connectivity index is 1.82. The number of nitrogens with one attached hydrogen (secondary N) is 1. The zero-order chi connectivity index (χ0) is 18.5. The maximum absolute atomic E-state index is 13.1. The Morgan fingerprint density at radius 1 is 1.27 bits per heavy atom. The van der Waals surface area contributed by atoms with E-state index in [0.717, 1.165) is 5.56 Å². The Hall–Kier alpha value is -2.58. The van der Waals surface area contributed by atoms with Gasteiger partial charge >= 0.3 is 5.97 Å². The lowest BCUT2D eigenvalue weighted by atomic mass is 10.2. The number of halogens is 1.